The summed E-state index contributed by atoms with van der Waals surface area (Å²) in [7, 11) is -0.234. The minimum Gasteiger partial charge on any atom is -0.294 e. The van der Waals surface area contributed by atoms with Crippen molar-refractivity contribution in [1.82, 2.24) is 0 Å². The molecule has 64 valence electrons. The largest absolute Gasteiger partial charge is 0.327 e. The van der Waals surface area contributed by atoms with Crippen molar-refractivity contribution in [2.45, 2.75) is 13.3 Å². The lowest BCUT2D eigenvalue weighted by Crippen LogP contribution is -1.91. The molecule has 0 saturated heterocycles. The van der Waals surface area contributed by atoms with Gasteiger partial charge in [0.25, 0.3) is 0 Å². The molecule has 0 radical (unpaired) electrons. The van der Waals surface area contributed by atoms with Crippen LogP contribution in [0.4, 0.5) is 0 Å². The summed E-state index contributed by atoms with van der Waals surface area (Å²) in [5.74, 6) is 0. The van der Waals surface area contributed by atoms with Crippen molar-refractivity contribution in [3.63, 3.8) is 0 Å². The molecule has 0 atom stereocenters. The lowest BCUT2D eigenvalue weighted by atomic mass is 10.1. The van der Waals surface area contributed by atoms with Crippen LogP contribution in [0.5, 0.6) is 0 Å². The Hall–Kier alpha value is -0.720. The molecule has 2 nitrogen and oxygen atoms in total. The monoisotopic (exact) mass is 182 g/mol. The maximum Gasteiger partial charge on any atom is 0.327 e. The van der Waals surface area contributed by atoms with Gasteiger partial charge >= 0.3 is 8.69 Å². The summed E-state index contributed by atoms with van der Waals surface area (Å²) in [5.41, 5.74) is 2.46. The molecule has 0 heterocycles. The number of benzene rings is 1. The van der Waals surface area contributed by atoms with Gasteiger partial charge in [-0.05, 0) is 18.9 Å². The number of hydrogen-bond acceptors (Lipinski definition) is 2. The second-order valence-electron chi connectivity index (χ2n) is 2.64. The Morgan fingerprint density at radius 3 is 2.58 bits per heavy atom. The maximum atomic E-state index is 9.92. The van der Waals surface area contributed by atoms with Gasteiger partial charge in [0, 0.05) is 0 Å². The predicted octanol–water partition coefficient (Wildman–Crippen LogP) is 2.76. The van der Waals surface area contributed by atoms with Crippen molar-refractivity contribution in [2.75, 3.05) is 6.61 Å². The molecule has 0 aliphatic carbocycles. The van der Waals surface area contributed by atoms with E-state index in [2.05, 4.69) is 35.7 Å². The van der Waals surface area contributed by atoms with E-state index >= 15 is 0 Å². The van der Waals surface area contributed by atoms with E-state index in [0.29, 0.717) is 6.61 Å². The molecule has 0 N–H and O–H groups in total. The summed E-state index contributed by atoms with van der Waals surface area (Å²) >= 11 is 0. The molecule has 1 aromatic rings. The van der Waals surface area contributed by atoms with Crippen LogP contribution in [-0.4, -0.2) is 6.61 Å². The SMILES string of the molecule is Cc1ccc(CCOP=O)cc1. The van der Waals surface area contributed by atoms with E-state index < -0.39 is 0 Å². The molecule has 0 bridgehead atoms. The molecule has 1 aromatic carbocycles. The first-order chi connectivity index (χ1) is 5.83. The molecular formula is C9H11O2P. The molecule has 0 unspecified atom stereocenters. The van der Waals surface area contributed by atoms with Crippen LogP contribution in [0, 0.1) is 6.92 Å². The van der Waals surface area contributed by atoms with Gasteiger partial charge in [-0.1, -0.05) is 29.8 Å². The molecule has 0 spiro atoms. The molecule has 0 aromatic heterocycles. The van der Waals surface area contributed by atoms with Crippen LogP contribution in [0.15, 0.2) is 24.3 Å². The van der Waals surface area contributed by atoms with Gasteiger partial charge < -0.3 is 0 Å². The zero-order chi connectivity index (χ0) is 8.81. The molecule has 0 saturated carbocycles. The van der Waals surface area contributed by atoms with Gasteiger partial charge in [-0.25, -0.2) is 4.57 Å². The fourth-order valence-corrected chi connectivity index (χ4v) is 1.12. The third-order valence-electron chi connectivity index (χ3n) is 1.66. The van der Waals surface area contributed by atoms with Gasteiger partial charge in [-0.2, -0.15) is 0 Å². The Morgan fingerprint density at radius 2 is 2.00 bits per heavy atom. The molecule has 0 fully saturated rings. The molecule has 12 heavy (non-hydrogen) atoms. The number of rotatable bonds is 4. The Morgan fingerprint density at radius 1 is 1.33 bits per heavy atom. The summed E-state index contributed by atoms with van der Waals surface area (Å²) in [5, 5.41) is 0. The third kappa shape index (κ3) is 3.12. The number of hydrogen-bond donors (Lipinski definition) is 0. The zero-order valence-corrected chi connectivity index (χ0v) is 7.88. The minimum atomic E-state index is -0.234. The van der Waals surface area contributed by atoms with E-state index in [-0.39, 0.29) is 8.69 Å². The summed E-state index contributed by atoms with van der Waals surface area (Å²) < 4.78 is 14.6. The summed E-state index contributed by atoms with van der Waals surface area (Å²) in [6.07, 6.45) is 0.815. The van der Waals surface area contributed by atoms with Crippen LogP contribution in [0.3, 0.4) is 0 Å². The lowest BCUT2D eigenvalue weighted by Gasteiger charge is -1.98. The van der Waals surface area contributed by atoms with Crippen LogP contribution in [-0.2, 0) is 15.5 Å². The summed E-state index contributed by atoms with van der Waals surface area (Å²) in [6, 6.07) is 8.23. The van der Waals surface area contributed by atoms with Gasteiger partial charge in [-0.3, -0.25) is 4.52 Å². The van der Waals surface area contributed by atoms with E-state index in [1.807, 2.05) is 0 Å². The predicted molar refractivity (Wildman–Crippen MR) is 48.4 cm³/mol. The van der Waals surface area contributed by atoms with Crippen molar-refractivity contribution >= 4 is 8.69 Å². The van der Waals surface area contributed by atoms with Gasteiger partial charge in [0.05, 0.1) is 6.61 Å². The topological polar surface area (TPSA) is 26.3 Å². The van der Waals surface area contributed by atoms with Crippen LogP contribution in [0.2, 0.25) is 0 Å². The fourth-order valence-electron chi connectivity index (χ4n) is 0.956. The average Bonchev–Trinajstić information content (AvgIpc) is 2.09. The van der Waals surface area contributed by atoms with Gasteiger partial charge in [0.1, 0.15) is 0 Å². The summed E-state index contributed by atoms with van der Waals surface area (Å²) in [4.78, 5) is 0. The van der Waals surface area contributed by atoms with Crippen molar-refractivity contribution in [3.05, 3.63) is 35.4 Å². The van der Waals surface area contributed by atoms with E-state index in [9.17, 15) is 4.57 Å². The van der Waals surface area contributed by atoms with Gasteiger partial charge in [0.2, 0.25) is 0 Å². The highest BCUT2D eigenvalue weighted by atomic mass is 31.1. The highest BCUT2D eigenvalue weighted by molar-refractivity contribution is 7.17. The Kier molecular flexibility index (Phi) is 3.92. The molecule has 1 rings (SSSR count). The normalized spacial score (nSPS) is 10.4. The average molecular weight is 182 g/mol. The number of aryl methyl sites for hydroxylation is 1. The standard InChI is InChI=1S/C9H11O2P/c1-8-2-4-9(5-3-8)6-7-11-12-10/h2-5H,6-7H2,1H3. The second kappa shape index (κ2) is 5.02. The molecule has 3 heteroatoms. The molecule has 0 amide bonds. The first kappa shape index (κ1) is 9.37. The van der Waals surface area contributed by atoms with E-state index in [1.165, 1.54) is 11.1 Å². The van der Waals surface area contributed by atoms with Gasteiger partial charge in [-0.15, -0.1) is 0 Å². The molecule has 0 aliphatic rings. The van der Waals surface area contributed by atoms with Crippen LogP contribution >= 0.6 is 8.69 Å². The van der Waals surface area contributed by atoms with E-state index in [4.69, 9.17) is 0 Å². The van der Waals surface area contributed by atoms with Crippen molar-refractivity contribution < 1.29 is 9.09 Å². The highest BCUT2D eigenvalue weighted by Gasteiger charge is 1.92. The van der Waals surface area contributed by atoms with Crippen molar-refractivity contribution in [2.24, 2.45) is 0 Å². The fraction of sp³-hybridized carbons (Fsp3) is 0.333. The highest BCUT2D eigenvalue weighted by Crippen LogP contribution is 2.05. The Bertz CT molecular complexity index is 243. The zero-order valence-electron chi connectivity index (χ0n) is 6.99. The van der Waals surface area contributed by atoms with E-state index in [0.717, 1.165) is 6.42 Å². The van der Waals surface area contributed by atoms with Crippen LogP contribution in [0.25, 0.3) is 0 Å². The lowest BCUT2D eigenvalue weighted by molar-refractivity contribution is 0.347. The minimum absolute atomic E-state index is 0.234. The Balaban J connectivity index is 2.42. The van der Waals surface area contributed by atoms with Crippen LogP contribution < -0.4 is 0 Å². The summed E-state index contributed by atoms with van der Waals surface area (Å²) in [6.45, 7) is 2.56. The second-order valence-corrected chi connectivity index (χ2v) is 3.05. The van der Waals surface area contributed by atoms with E-state index in [1.54, 1.807) is 0 Å². The quantitative estimate of drug-likeness (QED) is 0.528. The maximum absolute atomic E-state index is 9.92. The first-order valence-electron chi connectivity index (χ1n) is 3.83. The van der Waals surface area contributed by atoms with Crippen LogP contribution in [0.1, 0.15) is 11.1 Å². The first-order valence-corrected chi connectivity index (χ1v) is 4.56. The van der Waals surface area contributed by atoms with Crippen molar-refractivity contribution in [3.8, 4) is 0 Å². The molecular weight excluding hydrogens is 171 g/mol. The smallest absolute Gasteiger partial charge is 0.294 e. The molecule has 0 aliphatic heterocycles. The van der Waals surface area contributed by atoms with Gasteiger partial charge in [0.15, 0.2) is 0 Å². The Labute approximate surface area is 73.8 Å². The van der Waals surface area contributed by atoms with Crippen molar-refractivity contribution in [1.29, 1.82) is 0 Å². The third-order valence-corrected chi connectivity index (χ3v) is 1.94.